The molecule has 0 saturated heterocycles. The molecule has 0 unspecified atom stereocenters. The number of aromatic nitrogens is 4. The highest BCUT2D eigenvalue weighted by Crippen LogP contribution is 2.34. The lowest BCUT2D eigenvalue weighted by Gasteiger charge is -2.17. The molecule has 0 bridgehead atoms. The number of hydrogen-bond acceptors (Lipinski definition) is 6. The Morgan fingerprint density at radius 1 is 1.28 bits per heavy atom. The highest BCUT2D eigenvalue weighted by molar-refractivity contribution is 6.29. The van der Waals surface area contributed by atoms with Crippen LogP contribution in [0.1, 0.15) is 35.7 Å². The van der Waals surface area contributed by atoms with E-state index in [0.717, 1.165) is 29.1 Å². The van der Waals surface area contributed by atoms with Crippen molar-refractivity contribution in [3.63, 3.8) is 0 Å². The summed E-state index contributed by atoms with van der Waals surface area (Å²) in [5.41, 5.74) is -3.72. The van der Waals surface area contributed by atoms with Gasteiger partial charge in [0.05, 0.1) is 24.5 Å². The molecular weight excluding hydrogens is 458 g/mol. The van der Waals surface area contributed by atoms with Crippen LogP contribution in [0.25, 0.3) is 0 Å². The van der Waals surface area contributed by atoms with Crippen LogP contribution in [-0.2, 0) is 12.5 Å². The highest BCUT2D eigenvalue weighted by atomic mass is 35.5. The first-order chi connectivity index (χ1) is 15.0. The molecule has 0 amide bonds. The van der Waals surface area contributed by atoms with Crippen LogP contribution in [-0.4, -0.2) is 19.7 Å². The van der Waals surface area contributed by atoms with Crippen LogP contribution in [0.15, 0.2) is 40.2 Å². The Kier molecular flexibility index (Phi) is 6.31. The van der Waals surface area contributed by atoms with Gasteiger partial charge < -0.3 is 4.74 Å². The summed E-state index contributed by atoms with van der Waals surface area (Å²) in [4.78, 5) is 28.4. The van der Waals surface area contributed by atoms with Crippen LogP contribution < -0.4 is 15.9 Å². The van der Waals surface area contributed by atoms with Gasteiger partial charge in [-0.05, 0) is 24.3 Å². The van der Waals surface area contributed by atoms with Gasteiger partial charge >= 0.3 is 0 Å². The van der Waals surface area contributed by atoms with Crippen molar-refractivity contribution in [2.24, 2.45) is 0 Å². The quantitative estimate of drug-likeness (QED) is 0.550. The first kappa shape index (κ1) is 23.0. The van der Waals surface area contributed by atoms with Crippen LogP contribution >= 0.6 is 11.6 Å². The van der Waals surface area contributed by atoms with Crippen molar-refractivity contribution in [2.75, 3.05) is 0 Å². The standard InChI is InChI=1S/C19H12ClF4N5O3/c1-19(23,24)15-14(32-12-3-9(6-25)2-10(4-12)16(21)22)18(31)29(8-26-15)7-11-5-13(20)27-28-17(11)30/h2-5,8,16H,7H2,1H3,(H,28,30). The van der Waals surface area contributed by atoms with Gasteiger partial charge in [-0.25, -0.2) is 18.9 Å². The molecule has 0 aliphatic heterocycles. The van der Waals surface area contributed by atoms with E-state index in [-0.39, 0.29) is 16.3 Å². The number of nitrogens with zero attached hydrogens (tertiary/aromatic N) is 4. The zero-order chi connectivity index (χ0) is 23.6. The van der Waals surface area contributed by atoms with Gasteiger partial charge in [0.1, 0.15) is 10.9 Å². The number of alkyl halides is 4. The lowest BCUT2D eigenvalue weighted by atomic mass is 10.1. The molecule has 32 heavy (non-hydrogen) atoms. The minimum Gasteiger partial charge on any atom is -0.449 e. The maximum absolute atomic E-state index is 14.1. The Morgan fingerprint density at radius 2 is 2.00 bits per heavy atom. The molecule has 3 rings (SSSR count). The van der Waals surface area contributed by atoms with E-state index in [1.54, 1.807) is 6.07 Å². The first-order valence-corrected chi connectivity index (χ1v) is 9.10. The Bertz CT molecular complexity index is 1330. The number of H-pyrrole nitrogens is 1. The molecule has 1 N–H and O–H groups in total. The van der Waals surface area contributed by atoms with Crippen molar-refractivity contribution in [1.82, 2.24) is 19.7 Å². The number of benzene rings is 1. The molecule has 2 aromatic heterocycles. The Hall–Kier alpha value is -3.72. The fraction of sp³-hybridized carbons (Fsp3) is 0.211. The zero-order valence-corrected chi connectivity index (χ0v) is 16.8. The van der Waals surface area contributed by atoms with Gasteiger partial charge in [0, 0.05) is 18.1 Å². The molecule has 0 aliphatic carbocycles. The van der Waals surface area contributed by atoms with E-state index in [0.29, 0.717) is 6.92 Å². The number of hydrogen-bond donors (Lipinski definition) is 1. The van der Waals surface area contributed by atoms with E-state index in [1.807, 2.05) is 0 Å². The van der Waals surface area contributed by atoms with Crippen molar-refractivity contribution in [3.05, 3.63) is 78.8 Å². The maximum atomic E-state index is 14.1. The Balaban J connectivity index is 2.14. The molecule has 0 atom stereocenters. The number of nitrogens with one attached hydrogen (secondary N) is 1. The monoisotopic (exact) mass is 469 g/mol. The number of halogens is 5. The Morgan fingerprint density at radius 3 is 2.62 bits per heavy atom. The zero-order valence-electron chi connectivity index (χ0n) is 16.1. The highest BCUT2D eigenvalue weighted by Gasteiger charge is 2.33. The lowest BCUT2D eigenvalue weighted by Crippen LogP contribution is -2.29. The second kappa shape index (κ2) is 8.80. The predicted octanol–water partition coefficient (Wildman–Crippen LogP) is 3.74. The topological polar surface area (TPSA) is 114 Å². The number of rotatable bonds is 6. The van der Waals surface area contributed by atoms with Gasteiger partial charge in [0.15, 0.2) is 5.69 Å². The van der Waals surface area contributed by atoms with E-state index in [9.17, 15) is 27.2 Å². The third-order valence-corrected chi connectivity index (χ3v) is 4.33. The number of nitriles is 1. The summed E-state index contributed by atoms with van der Waals surface area (Å²) >= 11 is 5.72. The molecule has 0 saturated carbocycles. The van der Waals surface area contributed by atoms with Gasteiger partial charge in [0.2, 0.25) is 5.75 Å². The van der Waals surface area contributed by atoms with Gasteiger partial charge in [-0.2, -0.15) is 19.1 Å². The van der Waals surface area contributed by atoms with Gasteiger partial charge in [-0.3, -0.25) is 14.2 Å². The summed E-state index contributed by atoms with van der Waals surface area (Å²) in [5.74, 6) is -5.03. The van der Waals surface area contributed by atoms with E-state index < -0.39 is 52.8 Å². The van der Waals surface area contributed by atoms with Gasteiger partial charge in [0.25, 0.3) is 23.5 Å². The summed E-state index contributed by atoms with van der Waals surface area (Å²) in [6.07, 6.45) is -2.20. The molecular formula is C19H12ClF4N5O3. The van der Waals surface area contributed by atoms with Crippen molar-refractivity contribution in [3.8, 4) is 17.6 Å². The molecule has 2 heterocycles. The molecule has 0 spiro atoms. The average molecular weight is 470 g/mol. The molecule has 166 valence electrons. The van der Waals surface area contributed by atoms with Gasteiger partial charge in [-0.15, -0.1) is 0 Å². The van der Waals surface area contributed by atoms with Crippen LogP contribution in [0.4, 0.5) is 17.6 Å². The summed E-state index contributed by atoms with van der Waals surface area (Å²) in [7, 11) is 0. The largest absolute Gasteiger partial charge is 0.449 e. The second-order valence-corrected chi connectivity index (χ2v) is 6.98. The Labute approximate surface area is 181 Å². The summed E-state index contributed by atoms with van der Waals surface area (Å²) in [6.45, 7) is 0.0471. The lowest BCUT2D eigenvalue weighted by molar-refractivity contribution is 0.0101. The number of ether oxygens (including phenoxy) is 1. The van der Waals surface area contributed by atoms with E-state index >= 15 is 0 Å². The van der Waals surface area contributed by atoms with Crippen LogP contribution in [0.2, 0.25) is 5.15 Å². The number of aromatic amines is 1. The minimum absolute atomic E-state index is 0.0256. The van der Waals surface area contributed by atoms with E-state index in [2.05, 4.69) is 15.2 Å². The molecule has 0 radical (unpaired) electrons. The predicted molar refractivity (Wildman–Crippen MR) is 103 cm³/mol. The van der Waals surface area contributed by atoms with Crippen molar-refractivity contribution < 1.29 is 22.3 Å². The van der Waals surface area contributed by atoms with Crippen molar-refractivity contribution in [2.45, 2.75) is 25.8 Å². The summed E-state index contributed by atoms with van der Waals surface area (Å²) in [5, 5.41) is 14.5. The smallest absolute Gasteiger partial charge is 0.297 e. The fourth-order valence-corrected chi connectivity index (χ4v) is 2.87. The first-order valence-electron chi connectivity index (χ1n) is 8.72. The van der Waals surface area contributed by atoms with E-state index in [1.165, 1.54) is 6.07 Å². The van der Waals surface area contributed by atoms with Crippen molar-refractivity contribution >= 4 is 11.6 Å². The molecule has 0 fully saturated rings. The molecule has 0 aliphatic rings. The summed E-state index contributed by atoms with van der Waals surface area (Å²) < 4.78 is 60.4. The normalized spacial score (nSPS) is 11.4. The average Bonchev–Trinajstić information content (AvgIpc) is 2.72. The fourth-order valence-electron chi connectivity index (χ4n) is 2.70. The third kappa shape index (κ3) is 4.94. The van der Waals surface area contributed by atoms with Gasteiger partial charge in [-0.1, -0.05) is 11.6 Å². The molecule has 8 nitrogen and oxygen atoms in total. The summed E-state index contributed by atoms with van der Waals surface area (Å²) in [6, 6.07) is 5.53. The second-order valence-electron chi connectivity index (χ2n) is 6.59. The van der Waals surface area contributed by atoms with Crippen LogP contribution in [0, 0.1) is 11.3 Å². The molecule has 3 aromatic rings. The molecule has 13 heteroatoms. The molecule has 1 aromatic carbocycles. The third-order valence-electron chi connectivity index (χ3n) is 4.13. The maximum Gasteiger partial charge on any atom is 0.297 e. The van der Waals surface area contributed by atoms with Crippen LogP contribution in [0.3, 0.4) is 0 Å². The SMILES string of the molecule is CC(F)(F)c1ncn(Cc2cc(Cl)n[nH]c2=O)c(=O)c1Oc1cc(C#N)cc(C(F)F)c1. The van der Waals surface area contributed by atoms with E-state index in [4.69, 9.17) is 21.6 Å². The minimum atomic E-state index is -3.64. The van der Waals surface area contributed by atoms with Crippen molar-refractivity contribution in [1.29, 1.82) is 5.26 Å². The van der Waals surface area contributed by atoms with Crippen LogP contribution in [0.5, 0.6) is 11.5 Å².